The minimum atomic E-state index is -1.21. The lowest BCUT2D eigenvalue weighted by molar-refractivity contribution is -0.156. The van der Waals surface area contributed by atoms with E-state index in [0.717, 1.165) is 13.1 Å². The maximum Gasteiger partial charge on any atom is 0.248 e. The Morgan fingerprint density at radius 3 is 2.38 bits per heavy atom. The largest absolute Gasteiger partial charge is 0.394 e. The molecule has 246 valence electrons. The highest BCUT2D eigenvalue weighted by atomic mass is 16.5. The topological polar surface area (TPSA) is 103 Å². The summed E-state index contributed by atoms with van der Waals surface area (Å²) in [4.78, 5) is 51.6. The van der Waals surface area contributed by atoms with Crippen molar-refractivity contribution in [2.24, 2.45) is 23.7 Å². The van der Waals surface area contributed by atoms with Crippen LogP contribution in [0.2, 0.25) is 0 Å². The Bertz CT molecular complexity index is 1270. The number of anilines is 1. The Labute approximate surface area is 267 Å². The molecule has 1 aromatic rings. The average Bonchev–Trinajstić information content (AvgIpc) is 3.55. The predicted molar refractivity (Wildman–Crippen MR) is 172 cm³/mol. The van der Waals surface area contributed by atoms with E-state index in [4.69, 9.17) is 9.47 Å². The summed E-state index contributed by atoms with van der Waals surface area (Å²) in [6.07, 6.45) is 3.85. The zero-order valence-corrected chi connectivity index (χ0v) is 27.3. The zero-order chi connectivity index (χ0) is 32.5. The number of para-hydroxylation sites is 1. The Morgan fingerprint density at radius 2 is 1.78 bits per heavy atom. The molecule has 4 aliphatic rings. The summed E-state index contributed by atoms with van der Waals surface area (Å²) >= 11 is 0. The number of hydrogen-bond acceptors (Lipinski definition) is 7. The van der Waals surface area contributed by atoms with Crippen LogP contribution in [-0.2, 0) is 23.9 Å². The maximum absolute atomic E-state index is 14.8. The fraction of sp³-hybridized carbons (Fsp3) is 0.629. The van der Waals surface area contributed by atoms with Crippen molar-refractivity contribution in [1.82, 2.24) is 14.7 Å². The molecule has 3 amide bonds. The summed E-state index contributed by atoms with van der Waals surface area (Å²) < 4.78 is 12.5. The second-order valence-electron chi connectivity index (χ2n) is 13.5. The van der Waals surface area contributed by atoms with Crippen LogP contribution in [0, 0.1) is 23.7 Å². The molecule has 0 aliphatic carbocycles. The molecule has 0 saturated carbocycles. The highest BCUT2D eigenvalue weighted by molar-refractivity contribution is 6.03. The van der Waals surface area contributed by atoms with Crippen molar-refractivity contribution >= 4 is 23.4 Å². The van der Waals surface area contributed by atoms with Gasteiger partial charge in [-0.3, -0.25) is 19.3 Å². The van der Waals surface area contributed by atoms with E-state index in [2.05, 4.69) is 18.1 Å². The molecule has 10 heteroatoms. The van der Waals surface area contributed by atoms with E-state index in [-0.39, 0.29) is 42.7 Å². The first-order valence-electron chi connectivity index (χ1n) is 16.4. The van der Waals surface area contributed by atoms with Crippen LogP contribution in [0.4, 0.5) is 5.69 Å². The molecular weight excluding hydrogens is 572 g/mol. The molecule has 4 saturated heterocycles. The van der Waals surface area contributed by atoms with Gasteiger partial charge in [0.05, 0.1) is 43.3 Å². The van der Waals surface area contributed by atoms with E-state index >= 15 is 0 Å². The number of hydrogen-bond donors (Lipinski definition) is 1. The first-order chi connectivity index (χ1) is 21.5. The fourth-order valence-corrected chi connectivity index (χ4v) is 8.24. The third kappa shape index (κ3) is 5.64. The van der Waals surface area contributed by atoms with Gasteiger partial charge in [-0.05, 0) is 37.3 Å². The molecule has 7 atom stereocenters. The molecule has 5 rings (SSSR count). The normalized spacial score (nSPS) is 31.6. The van der Waals surface area contributed by atoms with Gasteiger partial charge in [-0.25, -0.2) is 0 Å². The number of aliphatic hydroxyl groups excluding tert-OH is 1. The van der Waals surface area contributed by atoms with E-state index < -0.39 is 35.1 Å². The summed E-state index contributed by atoms with van der Waals surface area (Å²) in [5, 5.41) is 10.6. The lowest BCUT2D eigenvalue weighted by Gasteiger charge is -2.41. The quantitative estimate of drug-likeness (QED) is 0.338. The lowest BCUT2D eigenvalue weighted by Crippen LogP contribution is -2.60. The van der Waals surface area contributed by atoms with Gasteiger partial charge in [-0.15, -0.1) is 13.2 Å². The molecule has 45 heavy (non-hydrogen) atoms. The van der Waals surface area contributed by atoms with E-state index in [1.165, 1.54) is 0 Å². The first kappa shape index (κ1) is 33.3. The van der Waals surface area contributed by atoms with Gasteiger partial charge >= 0.3 is 0 Å². The summed E-state index contributed by atoms with van der Waals surface area (Å²) in [6, 6.07) is 7.78. The number of benzene rings is 1. The van der Waals surface area contributed by atoms with Gasteiger partial charge in [-0.2, -0.15) is 0 Å². The van der Waals surface area contributed by atoms with Gasteiger partial charge < -0.3 is 29.3 Å². The summed E-state index contributed by atoms with van der Waals surface area (Å²) in [6.45, 7) is 19.9. The van der Waals surface area contributed by atoms with Gasteiger partial charge in [0.2, 0.25) is 17.7 Å². The van der Waals surface area contributed by atoms with Crippen molar-refractivity contribution in [3.8, 4) is 0 Å². The van der Waals surface area contributed by atoms with Gasteiger partial charge in [0, 0.05) is 45.0 Å². The van der Waals surface area contributed by atoms with Crippen molar-refractivity contribution in [2.45, 2.75) is 57.4 Å². The summed E-state index contributed by atoms with van der Waals surface area (Å²) in [5.41, 5.74) is -1.46. The van der Waals surface area contributed by atoms with Gasteiger partial charge in [0.25, 0.3) is 0 Å². The number of likely N-dealkylation sites (tertiary alicyclic amines) is 1. The lowest BCUT2D eigenvalue weighted by atomic mass is 9.62. The molecule has 4 heterocycles. The van der Waals surface area contributed by atoms with Crippen molar-refractivity contribution in [2.75, 3.05) is 64.0 Å². The highest BCUT2D eigenvalue weighted by Crippen LogP contribution is 2.66. The fourth-order valence-electron chi connectivity index (χ4n) is 8.24. The second-order valence-corrected chi connectivity index (χ2v) is 13.5. The highest BCUT2D eigenvalue weighted by Gasteiger charge is 2.80. The molecule has 1 aromatic carbocycles. The van der Waals surface area contributed by atoms with Crippen LogP contribution in [-0.4, -0.2) is 120 Å². The molecule has 10 nitrogen and oxygen atoms in total. The van der Waals surface area contributed by atoms with Gasteiger partial charge in [0.15, 0.2) is 0 Å². The van der Waals surface area contributed by atoms with Gasteiger partial charge in [-0.1, -0.05) is 51.1 Å². The number of fused-ring (bicyclic) bond motifs is 1. The van der Waals surface area contributed by atoms with Gasteiger partial charge in [0.1, 0.15) is 11.6 Å². The number of nitrogens with zero attached hydrogens (tertiary/aromatic N) is 4. The summed E-state index contributed by atoms with van der Waals surface area (Å²) in [7, 11) is 0. The molecule has 0 aromatic heterocycles. The monoisotopic (exact) mass is 622 g/mol. The van der Waals surface area contributed by atoms with Crippen LogP contribution in [0.3, 0.4) is 0 Å². The molecule has 3 unspecified atom stereocenters. The number of rotatable bonds is 13. The third-order valence-corrected chi connectivity index (χ3v) is 10.7. The number of carbonyl (C=O) groups excluding carboxylic acids is 3. The average molecular weight is 623 g/mol. The Balaban J connectivity index is 1.57. The van der Waals surface area contributed by atoms with Crippen molar-refractivity contribution in [1.29, 1.82) is 0 Å². The standard InChI is InChI=1S/C35H50N4O6/c1-7-14-37(17-16-36-18-20-44-21-19-36)33(43)30-35-22-25(5)34(6,45-35)28(29(35)32(42)39(30)27(23-40)24(3)4)31(41)38(15-8-2)26-12-10-9-11-13-26/h7-13,24-25,27-30,40H,1-2,14-23H2,3-6H3/t25?,27-,28-,29-,30?,34+,35?/m0/s1. The Hall–Kier alpha value is -3.05. The van der Waals surface area contributed by atoms with Crippen LogP contribution in [0.25, 0.3) is 0 Å². The van der Waals surface area contributed by atoms with Crippen LogP contribution < -0.4 is 4.90 Å². The van der Waals surface area contributed by atoms with E-state index in [0.29, 0.717) is 45.0 Å². The van der Waals surface area contributed by atoms with E-state index in [1.54, 1.807) is 26.9 Å². The predicted octanol–water partition coefficient (Wildman–Crippen LogP) is 2.58. The molecular formula is C35H50N4O6. The van der Waals surface area contributed by atoms with Crippen LogP contribution >= 0.6 is 0 Å². The molecule has 1 spiro atoms. The van der Waals surface area contributed by atoms with Crippen molar-refractivity contribution < 1.29 is 29.0 Å². The molecule has 2 bridgehead atoms. The molecule has 1 N–H and O–H groups in total. The molecule has 4 aliphatic heterocycles. The smallest absolute Gasteiger partial charge is 0.248 e. The van der Waals surface area contributed by atoms with Crippen LogP contribution in [0.15, 0.2) is 55.6 Å². The van der Waals surface area contributed by atoms with Crippen LogP contribution in [0.5, 0.6) is 0 Å². The minimum Gasteiger partial charge on any atom is -0.394 e. The number of aliphatic hydroxyl groups is 1. The third-order valence-electron chi connectivity index (χ3n) is 10.7. The number of ether oxygens (including phenoxy) is 2. The van der Waals surface area contributed by atoms with Crippen LogP contribution in [0.1, 0.15) is 34.1 Å². The number of amides is 3. The maximum atomic E-state index is 14.8. The minimum absolute atomic E-state index is 0.0973. The SMILES string of the molecule is C=CCN(CCN1CCOCC1)C(=O)C1N([C@@H](CO)C(C)C)C(=O)[C@@H]2[C@@H](C(=O)N(CC=C)c3ccccc3)[C@]3(C)OC12CC3C. The van der Waals surface area contributed by atoms with E-state index in [1.807, 2.05) is 58.0 Å². The van der Waals surface area contributed by atoms with Crippen molar-refractivity contribution in [3.63, 3.8) is 0 Å². The van der Waals surface area contributed by atoms with Crippen molar-refractivity contribution in [3.05, 3.63) is 55.6 Å². The molecule has 4 fully saturated rings. The Kier molecular flexibility index (Phi) is 9.89. The second kappa shape index (κ2) is 13.4. The molecule has 0 radical (unpaired) electrons. The van der Waals surface area contributed by atoms with E-state index in [9.17, 15) is 19.5 Å². The number of carbonyl (C=O) groups is 3. The zero-order valence-electron chi connectivity index (χ0n) is 27.3. The number of morpholine rings is 1. The first-order valence-corrected chi connectivity index (χ1v) is 16.4. The Morgan fingerprint density at radius 1 is 1.11 bits per heavy atom. The summed E-state index contributed by atoms with van der Waals surface area (Å²) in [5.74, 6) is -2.66.